The van der Waals surface area contributed by atoms with E-state index in [0.717, 1.165) is 22.3 Å². The molecule has 0 spiro atoms. The molecule has 0 amide bonds. The molecule has 0 aliphatic carbocycles. The molecule has 50 heavy (non-hydrogen) atoms. The number of hydrogen-bond acceptors (Lipinski definition) is 12. The van der Waals surface area contributed by atoms with Crippen molar-refractivity contribution < 1.29 is 28.0 Å². The smallest absolute Gasteiger partial charge is 0.339 e. The van der Waals surface area contributed by atoms with E-state index in [4.69, 9.17) is 16.0 Å². The molecule has 7 N–H and O–H groups in total. The Morgan fingerprint density at radius 2 is 1.14 bits per heavy atom. The first-order chi connectivity index (χ1) is 22.8. The number of nitrogens with zero attached hydrogens (tertiary/aromatic N) is 6. The number of benzene rings is 5. The molecule has 17 heteroatoms. The Bertz CT molecular complexity index is 2260. The number of nitrogen functional groups attached to an aromatic ring is 2. The minimum absolute atomic E-state index is 0. The predicted molar refractivity (Wildman–Crippen MR) is 192 cm³/mol. The van der Waals surface area contributed by atoms with Crippen molar-refractivity contribution in [3.05, 3.63) is 108 Å². The summed E-state index contributed by atoms with van der Waals surface area (Å²) < 4.78 is 31.6. The van der Waals surface area contributed by atoms with Crippen LogP contribution in [0.5, 0.6) is 5.75 Å². The summed E-state index contributed by atoms with van der Waals surface area (Å²) in [5.74, 6) is -1.61. The Hall–Kier alpha value is -5.13. The molecule has 5 aromatic rings. The molecular formula is C33H28Li2N8O6S. The molecule has 0 heterocycles. The van der Waals surface area contributed by atoms with Gasteiger partial charge in [-0.2, -0.15) is 28.9 Å². The number of anilines is 2. The van der Waals surface area contributed by atoms with E-state index in [-0.39, 0.29) is 76.7 Å². The van der Waals surface area contributed by atoms with Gasteiger partial charge in [-0.15, -0.1) is 10.2 Å². The number of aryl methyl sites for hydroxylation is 2. The fourth-order valence-electron chi connectivity index (χ4n) is 4.48. The maximum atomic E-state index is 11.3. The molecule has 0 saturated carbocycles. The molecule has 244 valence electrons. The molecule has 0 aromatic heterocycles. The average molecular weight is 679 g/mol. The summed E-state index contributed by atoms with van der Waals surface area (Å²) in [5.41, 5.74) is 18.4. The van der Waals surface area contributed by atoms with E-state index in [9.17, 15) is 23.4 Å². The Kier molecular flexibility index (Phi) is 13.0. The quantitative estimate of drug-likeness (QED) is 0.0439. The Balaban J connectivity index is 0.00000338. The zero-order valence-electron chi connectivity index (χ0n) is 27.5. The van der Waals surface area contributed by atoms with Gasteiger partial charge in [0.25, 0.3) is 10.1 Å². The summed E-state index contributed by atoms with van der Waals surface area (Å²) in [6.07, 6.45) is 0. The number of carboxylic acid groups (broad SMARTS) is 1. The van der Waals surface area contributed by atoms with Gasteiger partial charge in [0.05, 0.1) is 39.0 Å². The first-order valence-corrected chi connectivity index (χ1v) is 15.5. The third-order valence-electron chi connectivity index (χ3n) is 7.10. The number of hydrogen-bond donors (Lipinski definition) is 5. The van der Waals surface area contributed by atoms with E-state index >= 15 is 0 Å². The summed E-state index contributed by atoms with van der Waals surface area (Å²) >= 11 is 0. The second kappa shape index (κ2) is 16.5. The number of nitrogens with two attached hydrogens (primary N) is 2. The standard InChI is InChI=1S/C33H28N8O6S.2Li/c1-18-15-20(3-11-27(18)38-37-23-7-14-30(42)25(17-23)33(43)44)21-4-12-28(19(2)16-21)39-41-32-26(34)10-13-29(31(32)35)40-36-22-5-8-24(9-6-22)48(45,46)47;;/h3-17,42H,34-35H2,1-2H3,(H,43,44)(H,45,46,47);;. The van der Waals surface area contributed by atoms with Crippen molar-refractivity contribution in [3.63, 3.8) is 0 Å². The van der Waals surface area contributed by atoms with E-state index in [2.05, 4.69) is 30.7 Å². The van der Waals surface area contributed by atoms with Crippen LogP contribution in [0.15, 0.2) is 127 Å². The van der Waals surface area contributed by atoms with Crippen molar-refractivity contribution in [1.29, 1.82) is 0 Å². The van der Waals surface area contributed by atoms with Crippen molar-refractivity contribution in [2.24, 2.45) is 30.7 Å². The first-order valence-electron chi connectivity index (χ1n) is 14.1. The molecular weight excluding hydrogens is 650 g/mol. The summed E-state index contributed by atoms with van der Waals surface area (Å²) in [5, 5.41) is 44.1. The fourth-order valence-corrected chi connectivity index (χ4v) is 4.96. The zero-order chi connectivity index (χ0) is 34.6. The molecule has 0 unspecified atom stereocenters. The third kappa shape index (κ3) is 9.31. The molecule has 5 rings (SSSR count). The average Bonchev–Trinajstić information content (AvgIpc) is 3.04. The van der Waals surface area contributed by atoms with Crippen LogP contribution in [0.25, 0.3) is 11.1 Å². The molecule has 14 nitrogen and oxygen atoms in total. The molecule has 2 radical (unpaired) electrons. The van der Waals surface area contributed by atoms with Crippen molar-refractivity contribution in [2.45, 2.75) is 18.7 Å². The van der Waals surface area contributed by atoms with Crippen LogP contribution in [0.2, 0.25) is 0 Å². The third-order valence-corrected chi connectivity index (χ3v) is 7.97. The van der Waals surface area contributed by atoms with Gasteiger partial charge in [0.15, 0.2) is 0 Å². The molecule has 0 aliphatic rings. The second-order valence-corrected chi connectivity index (χ2v) is 11.9. The van der Waals surface area contributed by atoms with Gasteiger partial charge in [0.1, 0.15) is 22.7 Å². The van der Waals surface area contributed by atoms with Gasteiger partial charge in [-0.05, 0) is 115 Å². The number of phenols is 1. The zero-order valence-corrected chi connectivity index (χ0v) is 28.3. The number of azo groups is 3. The summed E-state index contributed by atoms with van der Waals surface area (Å²) in [7, 11) is -4.32. The molecule has 0 atom stereocenters. The number of rotatable bonds is 9. The van der Waals surface area contributed by atoms with Crippen molar-refractivity contribution >= 4 is 99.3 Å². The van der Waals surface area contributed by atoms with Crippen LogP contribution in [0.3, 0.4) is 0 Å². The van der Waals surface area contributed by atoms with Gasteiger partial charge in [-0.1, -0.05) is 12.1 Å². The molecule has 0 bridgehead atoms. The van der Waals surface area contributed by atoms with Crippen LogP contribution in [0.1, 0.15) is 21.5 Å². The van der Waals surface area contributed by atoms with Crippen LogP contribution >= 0.6 is 0 Å². The van der Waals surface area contributed by atoms with Gasteiger partial charge in [0, 0.05) is 37.7 Å². The van der Waals surface area contributed by atoms with Crippen molar-refractivity contribution in [1.82, 2.24) is 0 Å². The van der Waals surface area contributed by atoms with Crippen molar-refractivity contribution in [3.8, 4) is 16.9 Å². The van der Waals surface area contributed by atoms with Gasteiger partial charge >= 0.3 is 5.97 Å². The Labute approximate surface area is 311 Å². The summed E-state index contributed by atoms with van der Waals surface area (Å²) in [6.45, 7) is 3.77. The topological polar surface area (TPSA) is 238 Å². The monoisotopic (exact) mass is 678 g/mol. The van der Waals surface area contributed by atoms with Gasteiger partial charge in [0.2, 0.25) is 0 Å². The molecule has 0 fully saturated rings. The van der Waals surface area contributed by atoms with Crippen LogP contribution in [0, 0.1) is 13.8 Å². The minimum Gasteiger partial charge on any atom is -0.507 e. The molecule has 0 aliphatic heterocycles. The van der Waals surface area contributed by atoms with Crippen LogP contribution in [-0.2, 0) is 10.1 Å². The van der Waals surface area contributed by atoms with Crippen LogP contribution in [-0.4, -0.2) is 66.9 Å². The minimum atomic E-state index is -4.32. The van der Waals surface area contributed by atoms with Crippen LogP contribution in [0.4, 0.5) is 45.5 Å². The van der Waals surface area contributed by atoms with E-state index in [1.807, 2.05) is 44.2 Å². The van der Waals surface area contributed by atoms with Gasteiger partial charge in [-0.3, -0.25) is 4.55 Å². The number of aromatic hydroxyl groups is 1. The predicted octanol–water partition coefficient (Wildman–Crippen LogP) is 8.27. The summed E-state index contributed by atoms with van der Waals surface area (Å²) in [6, 6.07) is 23.6. The van der Waals surface area contributed by atoms with E-state index < -0.39 is 16.1 Å². The first kappa shape index (κ1) is 39.3. The number of carboxylic acids is 1. The normalized spacial score (nSPS) is 11.5. The van der Waals surface area contributed by atoms with Crippen molar-refractivity contribution in [2.75, 3.05) is 11.5 Å². The Morgan fingerprint density at radius 3 is 1.68 bits per heavy atom. The summed E-state index contributed by atoms with van der Waals surface area (Å²) in [4.78, 5) is 11.0. The van der Waals surface area contributed by atoms with E-state index in [0.29, 0.717) is 22.7 Å². The Morgan fingerprint density at radius 1 is 0.640 bits per heavy atom. The van der Waals surface area contributed by atoms with Crippen LogP contribution < -0.4 is 11.5 Å². The fraction of sp³-hybridized carbons (Fsp3) is 0.0606. The van der Waals surface area contributed by atoms with Gasteiger partial charge in [-0.25, -0.2) is 4.79 Å². The SMILES string of the molecule is Cc1cc(-c2ccc(N=Nc3c(N)ccc(N=Nc4ccc(S(=O)(=O)O)cc4)c3N)c(C)c2)ccc1N=Nc1ccc(O)c(C(=O)O)c1.[Li].[Li]. The van der Waals surface area contributed by atoms with E-state index in [1.165, 1.54) is 42.5 Å². The number of carbonyl (C=O) groups is 1. The largest absolute Gasteiger partial charge is 0.507 e. The number of aromatic carboxylic acids is 1. The van der Waals surface area contributed by atoms with E-state index in [1.54, 1.807) is 18.2 Å². The maximum absolute atomic E-state index is 11.3. The van der Waals surface area contributed by atoms with Gasteiger partial charge < -0.3 is 21.7 Å². The molecule has 0 saturated heterocycles. The maximum Gasteiger partial charge on any atom is 0.339 e. The second-order valence-electron chi connectivity index (χ2n) is 10.5. The molecule has 5 aromatic carbocycles.